The van der Waals surface area contributed by atoms with E-state index in [1.165, 1.54) is 5.56 Å². The van der Waals surface area contributed by atoms with E-state index in [2.05, 4.69) is 29.4 Å². The maximum Gasteiger partial charge on any atom is 0.237 e. The lowest BCUT2D eigenvalue weighted by Gasteiger charge is -2.30. The highest BCUT2D eigenvalue weighted by Gasteiger charge is 2.26. The van der Waals surface area contributed by atoms with Gasteiger partial charge in [-0.1, -0.05) is 13.8 Å². The highest BCUT2D eigenvalue weighted by Crippen LogP contribution is 2.29. The monoisotopic (exact) mass is 349 g/mol. The quantitative estimate of drug-likeness (QED) is 0.834. The lowest BCUT2D eigenvalue weighted by Crippen LogP contribution is -2.43. The Kier molecular flexibility index (Phi) is 5.96. The third-order valence-corrected chi connectivity index (χ3v) is 5.06. The molecule has 2 aliphatic heterocycles. The number of anilines is 1. The summed E-state index contributed by atoms with van der Waals surface area (Å²) >= 11 is 0. The number of hydrogen-bond donors (Lipinski definition) is 2. The zero-order chi connectivity index (χ0) is 17.8. The van der Waals surface area contributed by atoms with E-state index in [4.69, 9.17) is 9.84 Å². The fourth-order valence-corrected chi connectivity index (χ4v) is 3.74. The Bertz CT molecular complexity index is 593. The molecule has 0 spiro atoms. The van der Waals surface area contributed by atoms with Crippen LogP contribution in [0.1, 0.15) is 50.3 Å². The standard InChI is InChI=1S/C18H31N5O2/c1-13(2)16-14(12-20-15-6-4-5-7-19-17(15)24)18(22(3)21-16)23-8-10-25-11-9-23/h13,15,20H,4-12H2,1-3H3,(H,19,24)/t15-/m1/s1. The Balaban J connectivity index is 1.81. The molecule has 0 unspecified atom stereocenters. The summed E-state index contributed by atoms with van der Waals surface area (Å²) in [6.07, 6.45) is 3.04. The Labute approximate surface area is 150 Å². The fourth-order valence-electron chi connectivity index (χ4n) is 3.74. The lowest BCUT2D eigenvalue weighted by molar-refractivity contribution is -0.122. The van der Waals surface area contributed by atoms with Crippen LogP contribution >= 0.6 is 0 Å². The SMILES string of the molecule is CC(C)c1nn(C)c(N2CCOCC2)c1CN[C@@H]1CCCCNC1=O. The molecule has 2 N–H and O–H groups in total. The van der Waals surface area contributed by atoms with Crippen molar-refractivity contribution >= 4 is 11.7 Å². The van der Waals surface area contributed by atoms with Crippen LogP contribution in [0.4, 0.5) is 5.82 Å². The van der Waals surface area contributed by atoms with Gasteiger partial charge in [0.15, 0.2) is 0 Å². The number of carbonyl (C=O) groups excluding carboxylic acids is 1. The van der Waals surface area contributed by atoms with Gasteiger partial charge in [-0.15, -0.1) is 0 Å². The number of carbonyl (C=O) groups is 1. The third kappa shape index (κ3) is 4.15. The number of hydrogen-bond acceptors (Lipinski definition) is 5. The number of amides is 1. The van der Waals surface area contributed by atoms with Crippen LogP contribution in [0.25, 0.3) is 0 Å². The van der Waals surface area contributed by atoms with E-state index in [-0.39, 0.29) is 11.9 Å². The average Bonchev–Trinajstić information content (AvgIpc) is 2.80. The number of ether oxygens (including phenoxy) is 1. The average molecular weight is 349 g/mol. The molecular formula is C18H31N5O2. The van der Waals surface area contributed by atoms with Crippen molar-refractivity contribution in [1.82, 2.24) is 20.4 Å². The van der Waals surface area contributed by atoms with Gasteiger partial charge < -0.3 is 20.3 Å². The van der Waals surface area contributed by atoms with Crippen molar-refractivity contribution < 1.29 is 9.53 Å². The van der Waals surface area contributed by atoms with Gasteiger partial charge in [-0.25, -0.2) is 0 Å². The zero-order valence-electron chi connectivity index (χ0n) is 15.7. The van der Waals surface area contributed by atoms with E-state index in [0.29, 0.717) is 12.5 Å². The molecule has 0 radical (unpaired) electrons. The predicted molar refractivity (Wildman–Crippen MR) is 97.8 cm³/mol. The summed E-state index contributed by atoms with van der Waals surface area (Å²) in [6, 6.07) is -0.111. The van der Waals surface area contributed by atoms with E-state index in [0.717, 1.165) is 63.6 Å². The maximum absolute atomic E-state index is 12.2. The molecule has 0 saturated carbocycles. The van der Waals surface area contributed by atoms with Gasteiger partial charge in [0.25, 0.3) is 0 Å². The van der Waals surface area contributed by atoms with Crippen LogP contribution in [0, 0.1) is 0 Å². The molecule has 1 atom stereocenters. The normalized spacial score (nSPS) is 22.2. The van der Waals surface area contributed by atoms with Gasteiger partial charge in [-0.3, -0.25) is 9.48 Å². The number of nitrogens with zero attached hydrogens (tertiary/aromatic N) is 3. The first-order valence-electron chi connectivity index (χ1n) is 9.47. The van der Waals surface area contributed by atoms with Crippen molar-refractivity contribution in [2.24, 2.45) is 7.05 Å². The Morgan fingerprint density at radius 2 is 2.08 bits per heavy atom. The summed E-state index contributed by atoms with van der Waals surface area (Å²) in [4.78, 5) is 14.6. The molecular weight excluding hydrogens is 318 g/mol. The summed E-state index contributed by atoms with van der Waals surface area (Å²) in [7, 11) is 2.01. The summed E-state index contributed by atoms with van der Waals surface area (Å²) in [6.45, 7) is 9.08. The van der Waals surface area contributed by atoms with E-state index in [1.54, 1.807) is 0 Å². The van der Waals surface area contributed by atoms with Crippen LogP contribution in [-0.2, 0) is 23.1 Å². The van der Waals surface area contributed by atoms with Crippen molar-refractivity contribution in [2.75, 3.05) is 37.7 Å². The Morgan fingerprint density at radius 1 is 1.32 bits per heavy atom. The number of aromatic nitrogens is 2. The highest BCUT2D eigenvalue weighted by atomic mass is 16.5. The van der Waals surface area contributed by atoms with Crippen LogP contribution < -0.4 is 15.5 Å². The van der Waals surface area contributed by atoms with Gasteiger partial charge >= 0.3 is 0 Å². The number of morpholine rings is 1. The van der Waals surface area contributed by atoms with Crippen LogP contribution in [0.5, 0.6) is 0 Å². The van der Waals surface area contributed by atoms with E-state index < -0.39 is 0 Å². The topological polar surface area (TPSA) is 71.4 Å². The fraction of sp³-hybridized carbons (Fsp3) is 0.778. The molecule has 0 aromatic carbocycles. The molecule has 140 valence electrons. The summed E-state index contributed by atoms with van der Waals surface area (Å²) in [5, 5.41) is 11.3. The first kappa shape index (κ1) is 18.2. The van der Waals surface area contributed by atoms with Crippen molar-refractivity contribution in [3.63, 3.8) is 0 Å². The van der Waals surface area contributed by atoms with Gasteiger partial charge in [0, 0.05) is 38.8 Å². The molecule has 1 aromatic rings. The van der Waals surface area contributed by atoms with Crippen LogP contribution in [0.3, 0.4) is 0 Å². The summed E-state index contributed by atoms with van der Waals surface area (Å²) in [5.41, 5.74) is 2.34. The molecule has 7 nitrogen and oxygen atoms in total. The minimum Gasteiger partial charge on any atom is -0.378 e. The molecule has 1 amide bonds. The molecule has 0 bridgehead atoms. The second-order valence-corrected chi connectivity index (χ2v) is 7.29. The van der Waals surface area contributed by atoms with Gasteiger partial charge in [0.2, 0.25) is 5.91 Å². The minimum absolute atomic E-state index is 0.111. The van der Waals surface area contributed by atoms with Gasteiger partial charge in [-0.05, 0) is 25.2 Å². The lowest BCUT2D eigenvalue weighted by atomic mass is 10.0. The van der Waals surface area contributed by atoms with Crippen molar-refractivity contribution in [2.45, 2.75) is 51.6 Å². The number of rotatable bonds is 5. The predicted octanol–water partition coefficient (Wildman–Crippen LogP) is 1.14. The third-order valence-electron chi connectivity index (χ3n) is 5.06. The molecule has 3 rings (SSSR count). The molecule has 3 heterocycles. The zero-order valence-corrected chi connectivity index (χ0v) is 15.7. The second kappa shape index (κ2) is 8.19. The van der Waals surface area contributed by atoms with Crippen LogP contribution in [-0.4, -0.2) is 54.6 Å². The van der Waals surface area contributed by atoms with E-state index in [9.17, 15) is 4.79 Å². The first-order valence-corrected chi connectivity index (χ1v) is 9.47. The van der Waals surface area contributed by atoms with Gasteiger partial charge in [0.05, 0.1) is 24.9 Å². The van der Waals surface area contributed by atoms with Gasteiger partial charge in [-0.2, -0.15) is 5.10 Å². The molecule has 1 aromatic heterocycles. The molecule has 2 saturated heterocycles. The number of aryl methyl sites for hydroxylation is 1. The highest BCUT2D eigenvalue weighted by molar-refractivity contribution is 5.81. The van der Waals surface area contributed by atoms with Crippen LogP contribution in [0.2, 0.25) is 0 Å². The maximum atomic E-state index is 12.2. The molecule has 7 heteroatoms. The number of nitrogens with one attached hydrogen (secondary N) is 2. The Hall–Kier alpha value is -1.60. The first-order chi connectivity index (χ1) is 12.1. The largest absolute Gasteiger partial charge is 0.378 e. The van der Waals surface area contributed by atoms with Gasteiger partial charge in [0.1, 0.15) is 5.82 Å². The minimum atomic E-state index is -0.111. The molecule has 25 heavy (non-hydrogen) atoms. The van der Waals surface area contributed by atoms with Crippen molar-refractivity contribution in [1.29, 1.82) is 0 Å². The molecule has 0 aliphatic carbocycles. The molecule has 2 aliphatic rings. The van der Waals surface area contributed by atoms with E-state index >= 15 is 0 Å². The van der Waals surface area contributed by atoms with Crippen molar-refractivity contribution in [3.05, 3.63) is 11.3 Å². The van der Waals surface area contributed by atoms with Crippen molar-refractivity contribution in [3.8, 4) is 0 Å². The molecule has 2 fully saturated rings. The Morgan fingerprint density at radius 3 is 2.80 bits per heavy atom. The summed E-state index contributed by atoms with van der Waals surface area (Å²) in [5.74, 6) is 1.63. The van der Waals surface area contributed by atoms with E-state index in [1.807, 2.05) is 11.7 Å². The second-order valence-electron chi connectivity index (χ2n) is 7.29. The smallest absolute Gasteiger partial charge is 0.237 e. The van der Waals surface area contributed by atoms with Crippen LogP contribution in [0.15, 0.2) is 0 Å². The summed E-state index contributed by atoms with van der Waals surface area (Å²) < 4.78 is 7.49.